The number of benzene rings is 2. The number of hydrogen-bond donors (Lipinski definition) is 3. The van der Waals surface area contributed by atoms with E-state index >= 15 is 0 Å². The zero-order valence-electron chi connectivity index (χ0n) is 15.9. The largest absolute Gasteiger partial charge is 0.454 e. The molecule has 10 heteroatoms. The van der Waals surface area contributed by atoms with Gasteiger partial charge < -0.3 is 24.3 Å². The molecule has 0 unspecified atom stereocenters. The van der Waals surface area contributed by atoms with E-state index in [1.807, 2.05) is 54.1 Å². The molecule has 5 aromatic rings. The number of rotatable bonds is 4. The molecule has 1 aliphatic rings. The van der Waals surface area contributed by atoms with E-state index in [2.05, 4.69) is 35.6 Å². The average molecular weight is 400 g/mol. The Bertz CT molecular complexity index is 1410. The molecule has 0 saturated heterocycles. The van der Waals surface area contributed by atoms with Crippen molar-refractivity contribution in [2.24, 2.45) is 7.05 Å². The highest BCUT2D eigenvalue weighted by Gasteiger charge is 2.16. The molecule has 4 heterocycles. The summed E-state index contributed by atoms with van der Waals surface area (Å²) >= 11 is 0. The lowest BCUT2D eigenvalue weighted by atomic mass is 10.2. The monoisotopic (exact) mass is 400 g/mol. The molecule has 30 heavy (non-hydrogen) atoms. The van der Waals surface area contributed by atoms with E-state index in [4.69, 9.17) is 9.47 Å². The number of aromatic nitrogens is 6. The molecule has 3 aromatic heterocycles. The third-order valence-corrected chi connectivity index (χ3v) is 4.93. The number of para-hydroxylation sites is 2. The maximum absolute atomic E-state index is 5.46. The summed E-state index contributed by atoms with van der Waals surface area (Å²) in [6.45, 7) is 0.225. The average Bonchev–Trinajstić information content (AvgIpc) is 3.48. The molecular formula is C20H16N8O2. The minimum absolute atomic E-state index is 0.225. The topological polar surface area (TPSA) is 115 Å². The third-order valence-electron chi connectivity index (χ3n) is 4.93. The lowest BCUT2D eigenvalue weighted by Crippen LogP contribution is -2.05. The fraction of sp³-hybridized carbons (Fsp3) is 0.100. The Kier molecular flexibility index (Phi) is 3.51. The van der Waals surface area contributed by atoms with Crippen molar-refractivity contribution in [2.45, 2.75) is 0 Å². The van der Waals surface area contributed by atoms with E-state index in [0.717, 1.165) is 22.5 Å². The summed E-state index contributed by atoms with van der Waals surface area (Å²) in [6.07, 6.45) is 1.59. The van der Waals surface area contributed by atoms with Crippen LogP contribution in [0.4, 0.5) is 23.4 Å². The number of anilines is 4. The van der Waals surface area contributed by atoms with Gasteiger partial charge in [-0.05, 0) is 24.3 Å². The van der Waals surface area contributed by atoms with Crippen LogP contribution < -0.4 is 20.1 Å². The van der Waals surface area contributed by atoms with Crippen molar-refractivity contribution in [2.75, 3.05) is 17.4 Å². The lowest BCUT2D eigenvalue weighted by molar-refractivity contribution is 0.174. The quantitative estimate of drug-likeness (QED) is 0.420. The Labute approximate surface area is 169 Å². The minimum atomic E-state index is 0.225. The van der Waals surface area contributed by atoms with Crippen molar-refractivity contribution in [1.82, 2.24) is 29.5 Å². The van der Waals surface area contributed by atoms with Gasteiger partial charge in [-0.2, -0.15) is 9.97 Å². The molecule has 0 spiro atoms. The van der Waals surface area contributed by atoms with Crippen molar-refractivity contribution in [3.63, 3.8) is 0 Å². The number of nitrogens with zero attached hydrogens (tertiary/aromatic N) is 5. The van der Waals surface area contributed by atoms with Crippen molar-refractivity contribution in [3.8, 4) is 11.5 Å². The predicted molar refractivity (Wildman–Crippen MR) is 112 cm³/mol. The smallest absolute Gasteiger partial charge is 0.233 e. The summed E-state index contributed by atoms with van der Waals surface area (Å²) in [4.78, 5) is 21.1. The second-order valence-corrected chi connectivity index (χ2v) is 6.80. The fourth-order valence-electron chi connectivity index (χ4n) is 3.45. The number of nitrogens with one attached hydrogen (secondary N) is 3. The van der Waals surface area contributed by atoms with Gasteiger partial charge in [-0.15, -0.1) is 0 Å². The molecule has 0 aliphatic carbocycles. The number of hydrogen-bond acceptors (Lipinski definition) is 8. The summed E-state index contributed by atoms with van der Waals surface area (Å²) in [5.41, 5.74) is 3.95. The number of aromatic amines is 1. The Morgan fingerprint density at radius 2 is 1.90 bits per heavy atom. The fourth-order valence-corrected chi connectivity index (χ4v) is 3.45. The minimum Gasteiger partial charge on any atom is -0.454 e. The maximum atomic E-state index is 5.46. The summed E-state index contributed by atoms with van der Waals surface area (Å²) < 4.78 is 12.8. The van der Waals surface area contributed by atoms with Crippen LogP contribution in [0.25, 0.3) is 22.2 Å². The van der Waals surface area contributed by atoms with Gasteiger partial charge in [-0.25, -0.2) is 9.97 Å². The Hall–Kier alpha value is -4.34. The van der Waals surface area contributed by atoms with Crippen LogP contribution in [0.2, 0.25) is 0 Å². The van der Waals surface area contributed by atoms with Gasteiger partial charge in [0.05, 0.1) is 17.4 Å². The van der Waals surface area contributed by atoms with Gasteiger partial charge in [0.2, 0.25) is 18.7 Å². The molecule has 6 rings (SSSR count). The van der Waals surface area contributed by atoms with Crippen LogP contribution in [0.15, 0.2) is 48.8 Å². The maximum Gasteiger partial charge on any atom is 0.233 e. The second-order valence-electron chi connectivity index (χ2n) is 6.80. The van der Waals surface area contributed by atoms with Crippen LogP contribution in [-0.4, -0.2) is 36.3 Å². The van der Waals surface area contributed by atoms with Gasteiger partial charge in [0, 0.05) is 18.8 Å². The molecule has 0 radical (unpaired) electrons. The van der Waals surface area contributed by atoms with Crippen LogP contribution in [0.1, 0.15) is 0 Å². The van der Waals surface area contributed by atoms with Crippen LogP contribution >= 0.6 is 0 Å². The van der Waals surface area contributed by atoms with E-state index in [9.17, 15) is 0 Å². The molecule has 0 bridgehead atoms. The zero-order valence-corrected chi connectivity index (χ0v) is 15.9. The van der Waals surface area contributed by atoms with Gasteiger partial charge in [-0.3, -0.25) is 5.32 Å². The highest BCUT2D eigenvalue weighted by atomic mass is 16.7. The number of ether oxygens (including phenoxy) is 2. The molecule has 2 aromatic carbocycles. The molecule has 0 fully saturated rings. The first-order valence-electron chi connectivity index (χ1n) is 9.31. The summed E-state index contributed by atoms with van der Waals surface area (Å²) in [7, 11) is 1.94. The van der Waals surface area contributed by atoms with Crippen LogP contribution in [0.5, 0.6) is 11.5 Å². The van der Waals surface area contributed by atoms with Crippen LogP contribution in [-0.2, 0) is 7.05 Å². The molecule has 0 saturated carbocycles. The summed E-state index contributed by atoms with van der Waals surface area (Å²) in [6, 6.07) is 13.5. The van der Waals surface area contributed by atoms with E-state index < -0.39 is 0 Å². The zero-order chi connectivity index (χ0) is 20.1. The first-order valence-corrected chi connectivity index (χ1v) is 9.31. The van der Waals surface area contributed by atoms with Crippen LogP contribution in [0, 0.1) is 0 Å². The molecule has 0 amide bonds. The Morgan fingerprint density at radius 3 is 2.83 bits per heavy atom. The number of imidazole rings is 2. The molecule has 3 N–H and O–H groups in total. The van der Waals surface area contributed by atoms with Gasteiger partial charge in [0.25, 0.3) is 0 Å². The van der Waals surface area contributed by atoms with Gasteiger partial charge in [0.1, 0.15) is 5.52 Å². The summed E-state index contributed by atoms with van der Waals surface area (Å²) in [5.74, 6) is 3.01. The standard InChI is InChI=1S/C20H16N8O2/c1-28-13-5-3-2-4-12(13)24-20(28)27-19-25-17-16(21-9-22-17)18(26-19)23-11-6-7-14-15(8-11)30-10-29-14/h2-9H,10H2,1H3,(H3,21,22,23,24,25,26,27). The lowest BCUT2D eigenvalue weighted by Gasteiger charge is -2.10. The van der Waals surface area contributed by atoms with Gasteiger partial charge in [0.15, 0.2) is 23.0 Å². The van der Waals surface area contributed by atoms with Crippen molar-refractivity contribution < 1.29 is 9.47 Å². The van der Waals surface area contributed by atoms with Crippen molar-refractivity contribution in [3.05, 3.63) is 48.8 Å². The van der Waals surface area contributed by atoms with Crippen LogP contribution in [0.3, 0.4) is 0 Å². The van der Waals surface area contributed by atoms with Gasteiger partial charge >= 0.3 is 0 Å². The number of aryl methyl sites for hydroxylation is 1. The van der Waals surface area contributed by atoms with E-state index in [1.165, 1.54) is 0 Å². The highest BCUT2D eigenvalue weighted by molar-refractivity contribution is 5.87. The Morgan fingerprint density at radius 1 is 1.00 bits per heavy atom. The SMILES string of the molecule is Cn1c(Nc2nc(Nc3ccc4c(c3)OCO4)c3[nH]cnc3n2)nc2ccccc21. The van der Waals surface area contributed by atoms with E-state index in [-0.39, 0.29) is 6.79 Å². The first kappa shape index (κ1) is 16.6. The third kappa shape index (κ3) is 2.65. The Balaban J connectivity index is 1.38. The molecule has 0 atom stereocenters. The number of fused-ring (bicyclic) bond motifs is 3. The first-order chi connectivity index (χ1) is 14.7. The summed E-state index contributed by atoms with van der Waals surface area (Å²) in [5, 5.41) is 6.51. The van der Waals surface area contributed by atoms with Gasteiger partial charge in [-0.1, -0.05) is 12.1 Å². The highest BCUT2D eigenvalue weighted by Crippen LogP contribution is 2.35. The molecule has 148 valence electrons. The molecule has 1 aliphatic heterocycles. The molecular weight excluding hydrogens is 384 g/mol. The predicted octanol–water partition coefficient (Wildman–Crippen LogP) is 3.46. The normalized spacial score (nSPS) is 12.6. The van der Waals surface area contributed by atoms with Crippen molar-refractivity contribution in [1.29, 1.82) is 0 Å². The number of H-pyrrole nitrogens is 1. The van der Waals surface area contributed by atoms with E-state index in [1.54, 1.807) is 6.33 Å². The second kappa shape index (κ2) is 6.34. The molecule has 10 nitrogen and oxygen atoms in total. The van der Waals surface area contributed by atoms with Crippen molar-refractivity contribution >= 4 is 45.6 Å². The van der Waals surface area contributed by atoms with E-state index in [0.29, 0.717) is 34.6 Å².